The molecule has 0 bridgehead atoms. The van der Waals surface area contributed by atoms with Gasteiger partial charge >= 0.3 is 0 Å². The van der Waals surface area contributed by atoms with Gasteiger partial charge in [-0.15, -0.1) is 0 Å². The summed E-state index contributed by atoms with van der Waals surface area (Å²) in [6.07, 6.45) is 2.05. The predicted molar refractivity (Wildman–Crippen MR) is 65.7 cm³/mol. The van der Waals surface area contributed by atoms with Crippen molar-refractivity contribution in [1.82, 2.24) is 0 Å². The molecule has 1 aromatic carbocycles. The normalized spacial score (nSPS) is 10.4. The minimum Gasteiger partial charge on any atom is -0.493 e. The van der Waals surface area contributed by atoms with Crippen LogP contribution in [0.3, 0.4) is 0 Å². The molecule has 1 rings (SSSR count). The zero-order valence-electron chi connectivity index (χ0n) is 10.2. The van der Waals surface area contributed by atoms with Gasteiger partial charge in [0.2, 0.25) is 0 Å². The van der Waals surface area contributed by atoms with E-state index in [-0.39, 0.29) is 0 Å². The fourth-order valence-corrected chi connectivity index (χ4v) is 1.46. The maximum atomic E-state index is 5.71. The zero-order chi connectivity index (χ0) is 11.8. The molecule has 90 valence electrons. The Morgan fingerprint density at radius 1 is 1.19 bits per heavy atom. The molecule has 16 heavy (non-hydrogen) atoms. The summed E-state index contributed by atoms with van der Waals surface area (Å²) in [7, 11) is 1.72. The molecular weight excluding hydrogens is 202 g/mol. The Morgan fingerprint density at radius 2 is 1.94 bits per heavy atom. The van der Waals surface area contributed by atoms with Gasteiger partial charge in [0.25, 0.3) is 0 Å². The number of unbranched alkanes of at least 4 members (excludes halogenated alkanes) is 1. The van der Waals surface area contributed by atoms with Crippen LogP contribution in [-0.4, -0.2) is 20.3 Å². The van der Waals surface area contributed by atoms with Gasteiger partial charge in [-0.2, -0.15) is 0 Å². The smallest absolute Gasteiger partial charge is 0.122 e. The van der Waals surface area contributed by atoms with Crippen molar-refractivity contribution in [2.75, 3.05) is 20.3 Å². The van der Waals surface area contributed by atoms with E-state index in [4.69, 9.17) is 15.2 Å². The van der Waals surface area contributed by atoms with Gasteiger partial charge in [0.15, 0.2) is 0 Å². The number of rotatable bonds is 7. The lowest BCUT2D eigenvalue weighted by Crippen LogP contribution is -2.02. The summed E-state index contributed by atoms with van der Waals surface area (Å²) in [5.41, 5.74) is 7.86. The molecule has 0 aliphatic heterocycles. The van der Waals surface area contributed by atoms with E-state index in [1.165, 1.54) is 0 Å². The number of hydrogen-bond acceptors (Lipinski definition) is 3. The fraction of sp³-hybridized carbons (Fsp3) is 0.538. The van der Waals surface area contributed by atoms with E-state index < -0.39 is 0 Å². The summed E-state index contributed by atoms with van der Waals surface area (Å²) in [6, 6.07) is 6.10. The molecular formula is C13H21NO2. The molecule has 0 aliphatic carbocycles. The van der Waals surface area contributed by atoms with Crippen LogP contribution in [0.1, 0.15) is 24.0 Å². The zero-order valence-corrected chi connectivity index (χ0v) is 10.2. The molecule has 0 fully saturated rings. The predicted octanol–water partition coefficient (Wildman–Crippen LogP) is 2.26. The standard InChI is InChI=1S/C13H21NO2/c1-11-5-6-12(10-14)9-13(11)16-8-4-3-7-15-2/h5-6,9H,3-4,7-8,10,14H2,1-2H3. The monoisotopic (exact) mass is 223 g/mol. The summed E-state index contributed by atoms with van der Waals surface area (Å²) in [5, 5.41) is 0. The molecule has 0 amide bonds. The third-order valence-electron chi connectivity index (χ3n) is 2.49. The van der Waals surface area contributed by atoms with Gasteiger partial charge in [0.1, 0.15) is 5.75 Å². The first-order valence-electron chi connectivity index (χ1n) is 5.69. The lowest BCUT2D eigenvalue weighted by atomic mass is 10.1. The number of hydrogen-bond donors (Lipinski definition) is 1. The van der Waals surface area contributed by atoms with Gasteiger partial charge in [-0.25, -0.2) is 0 Å². The van der Waals surface area contributed by atoms with E-state index in [0.29, 0.717) is 6.54 Å². The van der Waals surface area contributed by atoms with Crippen LogP contribution in [0, 0.1) is 6.92 Å². The molecule has 0 radical (unpaired) electrons. The van der Waals surface area contributed by atoms with Crippen molar-refractivity contribution in [1.29, 1.82) is 0 Å². The van der Waals surface area contributed by atoms with Crippen LogP contribution >= 0.6 is 0 Å². The lowest BCUT2D eigenvalue weighted by molar-refractivity contribution is 0.184. The van der Waals surface area contributed by atoms with Gasteiger partial charge < -0.3 is 15.2 Å². The molecule has 0 spiro atoms. The summed E-state index contributed by atoms with van der Waals surface area (Å²) in [6.45, 7) is 4.13. The molecule has 0 aromatic heterocycles. The third-order valence-corrected chi connectivity index (χ3v) is 2.49. The summed E-state index contributed by atoms with van der Waals surface area (Å²) < 4.78 is 10.7. The Morgan fingerprint density at radius 3 is 2.62 bits per heavy atom. The van der Waals surface area contributed by atoms with E-state index in [2.05, 4.69) is 0 Å². The highest BCUT2D eigenvalue weighted by atomic mass is 16.5. The first kappa shape index (κ1) is 13.0. The van der Waals surface area contributed by atoms with E-state index in [9.17, 15) is 0 Å². The van der Waals surface area contributed by atoms with E-state index in [1.54, 1.807) is 7.11 Å². The highest BCUT2D eigenvalue weighted by Gasteiger charge is 2.00. The molecule has 1 aromatic rings. The van der Waals surface area contributed by atoms with Crippen molar-refractivity contribution in [2.45, 2.75) is 26.3 Å². The lowest BCUT2D eigenvalue weighted by Gasteiger charge is -2.10. The van der Waals surface area contributed by atoms with Crippen LogP contribution in [0.25, 0.3) is 0 Å². The van der Waals surface area contributed by atoms with Gasteiger partial charge in [0, 0.05) is 20.3 Å². The number of ether oxygens (including phenoxy) is 2. The van der Waals surface area contributed by atoms with Crippen LogP contribution in [-0.2, 0) is 11.3 Å². The van der Waals surface area contributed by atoms with Crippen molar-refractivity contribution in [3.8, 4) is 5.75 Å². The Labute approximate surface area is 97.6 Å². The maximum Gasteiger partial charge on any atom is 0.122 e. The summed E-state index contributed by atoms with van der Waals surface area (Å²) in [5.74, 6) is 0.945. The minimum atomic E-state index is 0.556. The number of aryl methyl sites for hydroxylation is 1. The van der Waals surface area contributed by atoms with Crippen LogP contribution in [0.15, 0.2) is 18.2 Å². The minimum absolute atomic E-state index is 0.556. The van der Waals surface area contributed by atoms with Crippen molar-refractivity contribution < 1.29 is 9.47 Å². The Bertz CT molecular complexity index is 313. The van der Waals surface area contributed by atoms with Crippen LogP contribution in [0.5, 0.6) is 5.75 Å². The van der Waals surface area contributed by atoms with E-state index in [1.807, 2.05) is 25.1 Å². The average Bonchev–Trinajstić information content (AvgIpc) is 2.31. The summed E-state index contributed by atoms with van der Waals surface area (Å²) >= 11 is 0. The largest absolute Gasteiger partial charge is 0.493 e. The van der Waals surface area contributed by atoms with E-state index in [0.717, 1.165) is 42.9 Å². The molecule has 3 heteroatoms. The highest BCUT2D eigenvalue weighted by molar-refractivity contribution is 5.36. The number of benzene rings is 1. The van der Waals surface area contributed by atoms with Gasteiger partial charge in [-0.1, -0.05) is 12.1 Å². The van der Waals surface area contributed by atoms with Crippen molar-refractivity contribution in [3.05, 3.63) is 29.3 Å². The maximum absolute atomic E-state index is 5.71. The Hall–Kier alpha value is -1.06. The molecule has 0 saturated heterocycles. The van der Waals surface area contributed by atoms with Crippen molar-refractivity contribution >= 4 is 0 Å². The molecule has 0 unspecified atom stereocenters. The van der Waals surface area contributed by atoms with Gasteiger partial charge in [0.05, 0.1) is 6.61 Å². The first-order chi connectivity index (χ1) is 7.77. The number of methoxy groups -OCH3 is 1. The average molecular weight is 223 g/mol. The molecule has 0 atom stereocenters. The molecule has 0 aliphatic rings. The Kier molecular flexibility index (Phi) is 5.90. The molecule has 2 N–H and O–H groups in total. The quantitative estimate of drug-likeness (QED) is 0.721. The van der Waals surface area contributed by atoms with Crippen LogP contribution < -0.4 is 10.5 Å². The highest BCUT2D eigenvalue weighted by Crippen LogP contribution is 2.19. The molecule has 0 heterocycles. The Balaban J connectivity index is 2.40. The topological polar surface area (TPSA) is 44.5 Å². The number of nitrogens with two attached hydrogens (primary N) is 1. The van der Waals surface area contributed by atoms with Gasteiger partial charge in [-0.3, -0.25) is 0 Å². The van der Waals surface area contributed by atoms with E-state index >= 15 is 0 Å². The second-order valence-corrected chi connectivity index (χ2v) is 3.85. The van der Waals surface area contributed by atoms with Crippen LogP contribution in [0.2, 0.25) is 0 Å². The van der Waals surface area contributed by atoms with Crippen LogP contribution in [0.4, 0.5) is 0 Å². The van der Waals surface area contributed by atoms with Crippen molar-refractivity contribution in [2.24, 2.45) is 5.73 Å². The van der Waals surface area contributed by atoms with Gasteiger partial charge in [-0.05, 0) is 37.0 Å². The summed E-state index contributed by atoms with van der Waals surface area (Å²) in [4.78, 5) is 0. The molecule has 0 saturated carbocycles. The third kappa shape index (κ3) is 4.21. The fourth-order valence-electron chi connectivity index (χ4n) is 1.46. The van der Waals surface area contributed by atoms with Crippen molar-refractivity contribution in [3.63, 3.8) is 0 Å². The second-order valence-electron chi connectivity index (χ2n) is 3.85. The second kappa shape index (κ2) is 7.25. The first-order valence-corrected chi connectivity index (χ1v) is 5.69. The SMILES string of the molecule is COCCCCOc1cc(CN)ccc1C. The molecule has 3 nitrogen and oxygen atoms in total.